The highest BCUT2D eigenvalue weighted by Crippen LogP contribution is 2.29. The van der Waals surface area contributed by atoms with Gasteiger partial charge in [-0.2, -0.15) is 13.2 Å². The summed E-state index contributed by atoms with van der Waals surface area (Å²) in [4.78, 5) is 27.0. The molecule has 1 fully saturated rings. The molecule has 23 heavy (non-hydrogen) atoms. The molecule has 0 spiro atoms. The lowest BCUT2D eigenvalue weighted by Crippen LogP contribution is -2.37. The molecule has 0 N–H and O–H groups in total. The standard InChI is InChI=1S/C16H19F3N2O2/c1-12(22)20-7-2-8-21(10-9-20)15(23)11-13-3-5-14(6-4-13)16(17,18)19/h3-6H,2,7-11H2,1H3. The van der Waals surface area contributed by atoms with Crippen LogP contribution in [0.3, 0.4) is 0 Å². The lowest BCUT2D eigenvalue weighted by Gasteiger charge is -2.21. The van der Waals surface area contributed by atoms with E-state index in [-0.39, 0.29) is 18.2 Å². The molecule has 0 aromatic heterocycles. The van der Waals surface area contributed by atoms with Crippen molar-refractivity contribution in [2.45, 2.75) is 25.9 Å². The number of hydrogen-bond donors (Lipinski definition) is 0. The van der Waals surface area contributed by atoms with E-state index in [0.717, 1.165) is 12.1 Å². The van der Waals surface area contributed by atoms with Gasteiger partial charge in [0.1, 0.15) is 0 Å². The Hall–Kier alpha value is -2.05. The quantitative estimate of drug-likeness (QED) is 0.836. The number of halogens is 3. The molecule has 1 aromatic rings. The van der Waals surface area contributed by atoms with Crippen molar-refractivity contribution in [1.29, 1.82) is 0 Å². The molecule has 4 nitrogen and oxygen atoms in total. The highest BCUT2D eigenvalue weighted by Gasteiger charge is 2.30. The van der Waals surface area contributed by atoms with E-state index >= 15 is 0 Å². The molecule has 1 aliphatic rings. The highest BCUT2D eigenvalue weighted by atomic mass is 19.4. The fraction of sp³-hybridized carbons (Fsp3) is 0.500. The average Bonchev–Trinajstić information content (AvgIpc) is 2.73. The van der Waals surface area contributed by atoms with Crippen molar-refractivity contribution >= 4 is 11.8 Å². The maximum Gasteiger partial charge on any atom is 0.416 e. The van der Waals surface area contributed by atoms with Crippen LogP contribution in [-0.4, -0.2) is 47.8 Å². The topological polar surface area (TPSA) is 40.6 Å². The number of benzene rings is 1. The Bertz CT molecular complexity index is 570. The smallest absolute Gasteiger partial charge is 0.341 e. The molecule has 126 valence electrons. The Morgan fingerprint density at radius 2 is 1.57 bits per heavy atom. The van der Waals surface area contributed by atoms with Crippen molar-refractivity contribution < 1.29 is 22.8 Å². The number of alkyl halides is 3. The maximum absolute atomic E-state index is 12.5. The Balaban J connectivity index is 1.95. The summed E-state index contributed by atoms with van der Waals surface area (Å²) >= 11 is 0. The van der Waals surface area contributed by atoms with Gasteiger partial charge in [-0.3, -0.25) is 9.59 Å². The number of hydrogen-bond acceptors (Lipinski definition) is 2. The second-order valence-corrected chi connectivity index (χ2v) is 5.61. The second kappa shape index (κ2) is 7.02. The Labute approximate surface area is 132 Å². The van der Waals surface area contributed by atoms with Crippen molar-refractivity contribution in [2.24, 2.45) is 0 Å². The van der Waals surface area contributed by atoms with Gasteiger partial charge in [-0.05, 0) is 24.1 Å². The van der Waals surface area contributed by atoms with Gasteiger partial charge >= 0.3 is 6.18 Å². The van der Waals surface area contributed by atoms with Crippen molar-refractivity contribution in [1.82, 2.24) is 9.80 Å². The van der Waals surface area contributed by atoms with Crippen molar-refractivity contribution in [3.8, 4) is 0 Å². The largest absolute Gasteiger partial charge is 0.416 e. The summed E-state index contributed by atoms with van der Waals surface area (Å²) in [7, 11) is 0. The van der Waals surface area contributed by atoms with E-state index in [1.54, 1.807) is 9.80 Å². The van der Waals surface area contributed by atoms with Gasteiger partial charge in [0, 0.05) is 33.1 Å². The molecule has 7 heteroatoms. The molecule has 0 bridgehead atoms. The van der Waals surface area contributed by atoms with Gasteiger partial charge < -0.3 is 9.80 Å². The summed E-state index contributed by atoms with van der Waals surface area (Å²) < 4.78 is 37.5. The summed E-state index contributed by atoms with van der Waals surface area (Å²) in [5.41, 5.74) is -0.170. The maximum atomic E-state index is 12.5. The monoisotopic (exact) mass is 328 g/mol. The molecular formula is C16H19F3N2O2. The Kier molecular flexibility index (Phi) is 5.28. The van der Waals surface area contributed by atoms with Crippen LogP contribution in [0.1, 0.15) is 24.5 Å². The normalized spacial score (nSPS) is 16.2. The minimum absolute atomic E-state index is 0.0120. The molecule has 1 aliphatic heterocycles. The zero-order valence-corrected chi connectivity index (χ0v) is 12.9. The second-order valence-electron chi connectivity index (χ2n) is 5.61. The van der Waals surface area contributed by atoms with Gasteiger partial charge in [0.15, 0.2) is 0 Å². The first kappa shape index (κ1) is 17.3. The molecule has 0 saturated carbocycles. The molecule has 1 heterocycles. The zero-order chi connectivity index (χ0) is 17.0. The molecule has 1 aromatic carbocycles. The Morgan fingerprint density at radius 1 is 1.00 bits per heavy atom. The van der Waals surface area contributed by atoms with E-state index in [1.165, 1.54) is 19.1 Å². The fourth-order valence-corrected chi connectivity index (χ4v) is 2.58. The first-order valence-corrected chi connectivity index (χ1v) is 7.47. The van der Waals surface area contributed by atoms with Crippen molar-refractivity contribution in [3.63, 3.8) is 0 Å². The SMILES string of the molecule is CC(=O)N1CCCN(C(=O)Cc2ccc(C(F)(F)F)cc2)CC1. The van der Waals surface area contributed by atoms with Crippen LogP contribution >= 0.6 is 0 Å². The van der Waals surface area contributed by atoms with Gasteiger partial charge in [-0.1, -0.05) is 12.1 Å². The third-order valence-corrected chi connectivity index (χ3v) is 3.93. The summed E-state index contributed by atoms with van der Waals surface area (Å²) in [5.74, 6) is -0.141. The third-order valence-electron chi connectivity index (χ3n) is 3.93. The van der Waals surface area contributed by atoms with E-state index in [0.29, 0.717) is 38.2 Å². The van der Waals surface area contributed by atoms with Crippen LogP contribution < -0.4 is 0 Å². The van der Waals surface area contributed by atoms with Crippen LogP contribution in [0.25, 0.3) is 0 Å². The van der Waals surface area contributed by atoms with Crippen LogP contribution in [0.2, 0.25) is 0 Å². The van der Waals surface area contributed by atoms with Gasteiger partial charge in [0.25, 0.3) is 0 Å². The minimum atomic E-state index is -4.37. The predicted molar refractivity (Wildman–Crippen MR) is 78.6 cm³/mol. The highest BCUT2D eigenvalue weighted by molar-refractivity contribution is 5.79. The van der Waals surface area contributed by atoms with Crippen LogP contribution in [0.4, 0.5) is 13.2 Å². The molecule has 0 aliphatic carbocycles. The number of amides is 2. The molecule has 1 saturated heterocycles. The van der Waals surface area contributed by atoms with Gasteiger partial charge in [0.05, 0.1) is 12.0 Å². The molecule has 0 atom stereocenters. The summed E-state index contributed by atoms with van der Waals surface area (Å²) in [6.45, 7) is 3.63. The average molecular weight is 328 g/mol. The third kappa shape index (κ3) is 4.71. The molecule has 2 rings (SSSR count). The zero-order valence-electron chi connectivity index (χ0n) is 12.9. The molecular weight excluding hydrogens is 309 g/mol. The van der Waals surface area contributed by atoms with Crippen molar-refractivity contribution in [2.75, 3.05) is 26.2 Å². The van der Waals surface area contributed by atoms with Crippen molar-refractivity contribution in [3.05, 3.63) is 35.4 Å². The van der Waals surface area contributed by atoms with E-state index in [9.17, 15) is 22.8 Å². The first-order valence-electron chi connectivity index (χ1n) is 7.47. The fourth-order valence-electron chi connectivity index (χ4n) is 2.58. The lowest BCUT2D eigenvalue weighted by molar-refractivity contribution is -0.137. The van der Waals surface area contributed by atoms with E-state index < -0.39 is 11.7 Å². The van der Waals surface area contributed by atoms with Gasteiger partial charge in [-0.15, -0.1) is 0 Å². The minimum Gasteiger partial charge on any atom is -0.341 e. The summed E-state index contributed by atoms with van der Waals surface area (Å²) in [6.07, 6.45) is -3.60. The van der Waals surface area contributed by atoms with Crippen LogP contribution in [-0.2, 0) is 22.2 Å². The van der Waals surface area contributed by atoms with Crippen LogP contribution in [0, 0.1) is 0 Å². The van der Waals surface area contributed by atoms with Gasteiger partial charge in [-0.25, -0.2) is 0 Å². The molecule has 0 unspecified atom stereocenters. The summed E-state index contributed by atoms with van der Waals surface area (Å²) in [6, 6.07) is 4.64. The number of rotatable bonds is 2. The predicted octanol–water partition coefficient (Wildman–Crippen LogP) is 2.33. The van der Waals surface area contributed by atoms with Gasteiger partial charge in [0.2, 0.25) is 11.8 Å². The summed E-state index contributed by atoms with van der Waals surface area (Å²) in [5, 5.41) is 0. The van der Waals surface area contributed by atoms with Crippen LogP contribution in [0.5, 0.6) is 0 Å². The molecule has 2 amide bonds. The van der Waals surface area contributed by atoms with E-state index in [2.05, 4.69) is 0 Å². The Morgan fingerprint density at radius 3 is 2.13 bits per heavy atom. The number of nitrogens with zero attached hydrogens (tertiary/aromatic N) is 2. The first-order chi connectivity index (χ1) is 10.8. The number of carbonyl (C=O) groups excluding carboxylic acids is 2. The molecule has 0 radical (unpaired) electrons. The van der Waals surface area contributed by atoms with Crippen LogP contribution in [0.15, 0.2) is 24.3 Å². The lowest BCUT2D eigenvalue weighted by atomic mass is 10.1. The van der Waals surface area contributed by atoms with E-state index in [1.807, 2.05) is 0 Å². The van der Waals surface area contributed by atoms with E-state index in [4.69, 9.17) is 0 Å². The number of carbonyl (C=O) groups is 2.